The molecule has 0 spiro atoms. The molecule has 0 aliphatic carbocycles. The summed E-state index contributed by atoms with van der Waals surface area (Å²) in [5, 5.41) is 12.8. The van der Waals surface area contributed by atoms with Crippen molar-refractivity contribution in [1.29, 1.82) is 5.26 Å². The Morgan fingerprint density at radius 2 is 2.11 bits per heavy atom. The molecule has 0 fully saturated rings. The maximum Gasteiger partial charge on any atom is 0.152 e. The molecule has 0 atom stereocenters. The van der Waals surface area contributed by atoms with Gasteiger partial charge in [-0.1, -0.05) is 29.3 Å². The molecule has 0 amide bonds. The van der Waals surface area contributed by atoms with Crippen LogP contribution in [-0.4, -0.2) is 9.97 Å². The molecule has 4 nitrogen and oxygen atoms in total. The van der Waals surface area contributed by atoms with Crippen LogP contribution in [0.1, 0.15) is 11.4 Å². The molecule has 2 aromatic rings. The van der Waals surface area contributed by atoms with Gasteiger partial charge in [-0.05, 0) is 19.1 Å². The first kappa shape index (κ1) is 12.6. The molecule has 0 radical (unpaired) electrons. The van der Waals surface area contributed by atoms with Gasteiger partial charge in [-0.15, -0.1) is 0 Å². The molecule has 2 rings (SSSR count). The van der Waals surface area contributed by atoms with Crippen LogP contribution in [0.15, 0.2) is 24.4 Å². The monoisotopic (exact) mass is 278 g/mol. The Balaban J connectivity index is 2.43. The van der Waals surface area contributed by atoms with E-state index in [-0.39, 0.29) is 0 Å². The highest BCUT2D eigenvalue weighted by Crippen LogP contribution is 2.31. The second-order valence-electron chi connectivity index (χ2n) is 3.52. The number of aromatic nitrogens is 2. The Bertz CT molecular complexity index is 634. The van der Waals surface area contributed by atoms with Crippen LogP contribution in [0, 0.1) is 18.3 Å². The first-order valence-corrected chi connectivity index (χ1v) is 5.82. The first-order chi connectivity index (χ1) is 8.61. The molecule has 0 aliphatic rings. The Labute approximate surface area is 114 Å². The quantitative estimate of drug-likeness (QED) is 0.910. The van der Waals surface area contributed by atoms with E-state index in [1.807, 2.05) is 6.07 Å². The van der Waals surface area contributed by atoms with Gasteiger partial charge in [0.05, 0.1) is 21.9 Å². The van der Waals surface area contributed by atoms with Crippen molar-refractivity contribution < 1.29 is 0 Å². The molecule has 1 aromatic heterocycles. The Kier molecular flexibility index (Phi) is 3.66. The maximum absolute atomic E-state index is 8.98. The Morgan fingerprint density at radius 1 is 1.33 bits per heavy atom. The number of hydrogen-bond donors (Lipinski definition) is 1. The zero-order valence-corrected chi connectivity index (χ0v) is 10.9. The van der Waals surface area contributed by atoms with Gasteiger partial charge in [0.1, 0.15) is 17.5 Å². The van der Waals surface area contributed by atoms with E-state index in [2.05, 4.69) is 15.3 Å². The predicted molar refractivity (Wildman–Crippen MR) is 71.2 cm³/mol. The fraction of sp³-hybridized carbons (Fsp3) is 0.0833. The van der Waals surface area contributed by atoms with Crippen molar-refractivity contribution in [1.82, 2.24) is 9.97 Å². The molecule has 0 aliphatic heterocycles. The summed E-state index contributed by atoms with van der Waals surface area (Å²) in [6.45, 7) is 1.74. The van der Waals surface area contributed by atoms with Crippen LogP contribution in [0.25, 0.3) is 0 Å². The van der Waals surface area contributed by atoms with Crippen LogP contribution in [0.5, 0.6) is 0 Å². The van der Waals surface area contributed by atoms with E-state index in [1.54, 1.807) is 25.1 Å². The van der Waals surface area contributed by atoms with Gasteiger partial charge in [-0.2, -0.15) is 5.26 Å². The number of halogens is 2. The molecule has 90 valence electrons. The molecule has 1 N–H and O–H groups in total. The fourth-order valence-electron chi connectivity index (χ4n) is 1.38. The molecule has 6 heteroatoms. The minimum Gasteiger partial charge on any atom is -0.338 e. The molecule has 0 saturated heterocycles. The van der Waals surface area contributed by atoms with Crippen molar-refractivity contribution in [2.75, 3.05) is 5.32 Å². The van der Waals surface area contributed by atoms with Crippen LogP contribution >= 0.6 is 23.2 Å². The summed E-state index contributed by atoms with van der Waals surface area (Å²) < 4.78 is 0. The van der Waals surface area contributed by atoms with Gasteiger partial charge in [-0.3, -0.25) is 0 Å². The highest BCUT2D eigenvalue weighted by Gasteiger charge is 2.09. The number of nitriles is 1. The molecular formula is C12H8Cl2N4. The molecule has 18 heavy (non-hydrogen) atoms. The van der Waals surface area contributed by atoms with Crippen molar-refractivity contribution in [3.8, 4) is 6.07 Å². The van der Waals surface area contributed by atoms with Gasteiger partial charge in [0.25, 0.3) is 0 Å². The summed E-state index contributed by atoms with van der Waals surface area (Å²) in [5.74, 6) is 0.976. The second kappa shape index (κ2) is 5.21. The molecular weight excluding hydrogens is 271 g/mol. The van der Waals surface area contributed by atoms with E-state index in [1.165, 1.54) is 6.20 Å². The highest BCUT2D eigenvalue weighted by atomic mass is 35.5. The van der Waals surface area contributed by atoms with E-state index < -0.39 is 0 Å². The minimum atomic E-state index is 0.344. The summed E-state index contributed by atoms with van der Waals surface area (Å²) in [6.07, 6.45) is 1.46. The van der Waals surface area contributed by atoms with Crippen molar-refractivity contribution in [3.63, 3.8) is 0 Å². The number of anilines is 2. The number of nitrogens with one attached hydrogen (secondary N) is 1. The predicted octanol–water partition coefficient (Wildman–Crippen LogP) is 3.71. The third-order valence-electron chi connectivity index (χ3n) is 2.23. The van der Waals surface area contributed by atoms with Gasteiger partial charge in [0.15, 0.2) is 5.82 Å². The fourth-order valence-corrected chi connectivity index (χ4v) is 1.72. The number of aryl methyl sites for hydroxylation is 1. The third kappa shape index (κ3) is 2.53. The lowest BCUT2D eigenvalue weighted by Crippen LogP contribution is -2.00. The van der Waals surface area contributed by atoms with Crippen LogP contribution in [0.2, 0.25) is 10.0 Å². The van der Waals surface area contributed by atoms with Crippen molar-refractivity contribution in [3.05, 3.63) is 45.8 Å². The number of nitrogens with zero attached hydrogens (tertiary/aromatic N) is 3. The van der Waals surface area contributed by atoms with Crippen molar-refractivity contribution >= 4 is 34.7 Å². The first-order valence-electron chi connectivity index (χ1n) is 5.06. The zero-order chi connectivity index (χ0) is 13.1. The van der Waals surface area contributed by atoms with E-state index in [9.17, 15) is 0 Å². The van der Waals surface area contributed by atoms with Gasteiger partial charge in [-0.25, -0.2) is 9.97 Å². The van der Waals surface area contributed by atoms with Gasteiger partial charge < -0.3 is 5.32 Å². The Morgan fingerprint density at radius 3 is 2.83 bits per heavy atom. The van der Waals surface area contributed by atoms with E-state index in [4.69, 9.17) is 28.5 Å². The smallest absolute Gasteiger partial charge is 0.152 e. The van der Waals surface area contributed by atoms with Crippen LogP contribution in [0.3, 0.4) is 0 Å². The standard InChI is InChI=1S/C12H8Cl2N4/c1-7-16-6-8(5-15)12(17-7)18-10-4-2-3-9(13)11(10)14/h2-4,6H,1H3,(H,16,17,18). The summed E-state index contributed by atoms with van der Waals surface area (Å²) >= 11 is 12.0. The van der Waals surface area contributed by atoms with E-state index >= 15 is 0 Å². The van der Waals surface area contributed by atoms with Gasteiger partial charge in [0.2, 0.25) is 0 Å². The van der Waals surface area contributed by atoms with Crippen molar-refractivity contribution in [2.45, 2.75) is 6.92 Å². The number of benzene rings is 1. The van der Waals surface area contributed by atoms with Gasteiger partial charge >= 0.3 is 0 Å². The SMILES string of the molecule is Cc1ncc(C#N)c(Nc2cccc(Cl)c2Cl)n1. The van der Waals surface area contributed by atoms with E-state index in [0.29, 0.717) is 32.9 Å². The highest BCUT2D eigenvalue weighted by molar-refractivity contribution is 6.43. The Hall–Kier alpha value is -1.83. The number of rotatable bonds is 2. The molecule has 1 heterocycles. The lowest BCUT2D eigenvalue weighted by atomic mass is 10.3. The molecule has 1 aromatic carbocycles. The van der Waals surface area contributed by atoms with Crippen LogP contribution in [-0.2, 0) is 0 Å². The summed E-state index contributed by atoms with van der Waals surface area (Å²) in [6, 6.07) is 7.22. The van der Waals surface area contributed by atoms with Crippen LogP contribution in [0.4, 0.5) is 11.5 Å². The van der Waals surface area contributed by atoms with Crippen molar-refractivity contribution in [2.24, 2.45) is 0 Å². The molecule has 0 bridgehead atoms. The average molecular weight is 279 g/mol. The summed E-state index contributed by atoms with van der Waals surface area (Å²) in [7, 11) is 0. The number of hydrogen-bond acceptors (Lipinski definition) is 4. The zero-order valence-electron chi connectivity index (χ0n) is 9.41. The molecule has 0 saturated carbocycles. The normalized spacial score (nSPS) is 9.89. The summed E-state index contributed by atoms with van der Waals surface area (Å²) in [4.78, 5) is 8.12. The largest absolute Gasteiger partial charge is 0.338 e. The topological polar surface area (TPSA) is 61.6 Å². The van der Waals surface area contributed by atoms with Gasteiger partial charge in [0, 0.05) is 0 Å². The lowest BCUT2D eigenvalue weighted by molar-refractivity contribution is 1.05. The average Bonchev–Trinajstić information content (AvgIpc) is 2.35. The third-order valence-corrected chi connectivity index (χ3v) is 3.05. The maximum atomic E-state index is 8.98. The summed E-state index contributed by atoms with van der Waals surface area (Å²) in [5.41, 5.74) is 0.940. The van der Waals surface area contributed by atoms with E-state index in [0.717, 1.165) is 0 Å². The molecule has 0 unspecified atom stereocenters. The minimum absolute atomic E-state index is 0.344. The lowest BCUT2D eigenvalue weighted by Gasteiger charge is -2.09. The second-order valence-corrected chi connectivity index (χ2v) is 4.30. The van der Waals surface area contributed by atoms with Crippen LogP contribution < -0.4 is 5.32 Å².